The molecule has 5 heteroatoms. The summed E-state index contributed by atoms with van der Waals surface area (Å²) in [7, 11) is 0. The van der Waals surface area contributed by atoms with Crippen molar-refractivity contribution in [3.63, 3.8) is 0 Å². The van der Waals surface area contributed by atoms with Crippen LogP contribution in [0.15, 0.2) is 60.7 Å². The van der Waals surface area contributed by atoms with E-state index in [1.54, 1.807) is 17.9 Å². The summed E-state index contributed by atoms with van der Waals surface area (Å²) >= 11 is 6.18. The summed E-state index contributed by atoms with van der Waals surface area (Å²) in [5.74, 6) is -0.140. The third kappa shape index (κ3) is 4.25. The Kier molecular flexibility index (Phi) is 5.92. The molecule has 0 aromatic heterocycles. The molecule has 1 aliphatic heterocycles. The standard InChI is InChI=1S/C26H23ClN2O2/c1-3-28-26(31)24-7-5-4-6-23(24)19-10-8-18-9-11-20-15-22(27)12-13-25(20)29(17(2)30)16-21(18)14-19/h4-15H,3,16H2,1-2H3,(H,28,31). The maximum atomic E-state index is 12.5. The van der Waals surface area contributed by atoms with E-state index in [2.05, 4.69) is 11.4 Å². The minimum absolute atomic E-state index is 0.0436. The summed E-state index contributed by atoms with van der Waals surface area (Å²) in [6.07, 6.45) is 4.03. The van der Waals surface area contributed by atoms with Gasteiger partial charge in [0, 0.05) is 24.1 Å². The van der Waals surface area contributed by atoms with Crippen LogP contribution in [0.3, 0.4) is 0 Å². The molecule has 0 atom stereocenters. The molecule has 0 radical (unpaired) electrons. The molecule has 0 spiro atoms. The van der Waals surface area contributed by atoms with Gasteiger partial charge in [-0.3, -0.25) is 9.59 Å². The van der Waals surface area contributed by atoms with E-state index in [9.17, 15) is 9.59 Å². The quantitative estimate of drug-likeness (QED) is 0.571. The fraction of sp³-hybridized carbons (Fsp3) is 0.154. The molecule has 156 valence electrons. The molecule has 4 nitrogen and oxygen atoms in total. The van der Waals surface area contributed by atoms with Gasteiger partial charge in [-0.25, -0.2) is 0 Å². The number of hydrogen-bond acceptors (Lipinski definition) is 2. The first-order valence-electron chi connectivity index (χ1n) is 10.2. The summed E-state index contributed by atoms with van der Waals surface area (Å²) in [6, 6.07) is 19.2. The fourth-order valence-electron chi connectivity index (χ4n) is 3.88. The molecule has 31 heavy (non-hydrogen) atoms. The number of carbonyl (C=O) groups excluding carboxylic acids is 2. The van der Waals surface area contributed by atoms with Crippen LogP contribution in [0.25, 0.3) is 23.3 Å². The van der Waals surface area contributed by atoms with E-state index >= 15 is 0 Å². The Morgan fingerprint density at radius 2 is 1.77 bits per heavy atom. The second-order valence-corrected chi connectivity index (χ2v) is 7.90. The lowest BCUT2D eigenvalue weighted by Gasteiger charge is -2.26. The van der Waals surface area contributed by atoms with Gasteiger partial charge in [0.2, 0.25) is 5.91 Å². The molecular formula is C26H23ClN2O2. The van der Waals surface area contributed by atoms with Crippen LogP contribution in [0.2, 0.25) is 5.02 Å². The van der Waals surface area contributed by atoms with E-state index in [0.29, 0.717) is 23.7 Å². The van der Waals surface area contributed by atoms with Crippen LogP contribution in [-0.2, 0) is 11.3 Å². The summed E-state index contributed by atoms with van der Waals surface area (Å²) in [5, 5.41) is 3.51. The van der Waals surface area contributed by atoms with Crippen LogP contribution in [0, 0.1) is 0 Å². The molecule has 0 bridgehead atoms. The average Bonchev–Trinajstić information content (AvgIpc) is 2.75. The topological polar surface area (TPSA) is 49.4 Å². The van der Waals surface area contributed by atoms with Gasteiger partial charge >= 0.3 is 0 Å². The van der Waals surface area contributed by atoms with Crippen molar-refractivity contribution in [1.82, 2.24) is 5.32 Å². The predicted octanol–water partition coefficient (Wildman–Crippen LogP) is 5.79. The van der Waals surface area contributed by atoms with Crippen molar-refractivity contribution in [2.45, 2.75) is 20.4 Å². The maximum Gasteiger partial charge on any atom is 0.251 e. The number of amides is 2. The number of anilines is 1. The Morgan fingerprint density at radius 3 is 2.55 bits per heavy atom. The number of nitrogens with zero attached hydrogens (tertiary/aromatic N) is 1. The lowest BCUT2D eigenvalue weighted by atomic mass is 9.93. The highest BCUT2D eigenvalue weighted by Gasteiger charge is 2.20. The van der Waals surface area contributed by atoms with Crippen molar-refractivity contribution < 1.29 is 9.59 Å². The van der Waals surface area contributed by atoms with Gasteiger partial charge in [-0.2, -0.15) is 0 Å². The highest BCUT2D eigenvalue weighted by Crippen LogP contribution is 2.33. The molecular weight excluding hydrogens is 408 g/mol. The molecule has 3 aromatic rings. The molecule has 1 N–H and O–H groups in total. The highest BCUT2D eigenvalue weighted by atomic mass is 35.5. The third-order valence-corrected chi connectivity index (χ3v) is 5.63. The zero-order chi connectivity index (χ0) is 22.0. The summed E-state index contributed by atoms with van der Waals surface area (Å²) in [4.78, 5) is 26.8. The summed E-state index contributed by atoms with van der Waals surface area (Å²) in [6.45, 7) is 4.47. The van der Waals surface area contributed by atoms with Crippen molar-refractivity contribution in [2.24, 2.45) is 0 Å². The van der Waals surface area contributed by atoms with Gasteiger partial charge < -0.3 is 10.2 Å². The molecule has 0 aliphatic carbocycles. The van der Waals surface area contributed by atoms with Crippen molar-refractivity contribution >= 4 is 41.3 Å². The van der Waals surface area contributed by atoms with Crippen molar-refractivity contribution in [3.05, 3.63) is 87.9 Å². The second-order valence-electron chi connectivity index (χ2n) is 7.46. The number of fused-ring (bicyclic) bond motifs is 2. The second kappa shape index (κ2) is 8.78. The molecule has 2 amide bonds. The average molecular weight is 431 g/mol. The van der Waals surface area contributed by atoms with Crippen LogP contribution < -0.4 is 10.2 Å². The molecule has 3 aromatic carbocycles. The fourth-order valence-corrected chi connectivity index (χ4v) is 4.06. The Bertz CT molecular complexity index is 1200. The first-order chi connectivity index (χ1) is 15.0. The molecule has 4 rings (SSSR count). The van der Waals surface area contributed by atoms with Crippen LogP contribution in [0.4, 0.5) is 5.69 Å². The van der Waals surface area contributed by atoms with Crippen LogP contribution in [-0.4, -0.2) is 18.4 Å². The third-order valence-electron chi connectivity index (χ3n) is 5.39. The SMILES string of the molecule is CCNC(=O)c1ccccc1-c1ccc2c(c1)CN(C(C)=O)c1ccc(Cl)cc1C=C2. The first kappa shape index (κ1) is 20.9. The minimum Gasteiger partial charge on any atom is -0.352 e. The van der Waals surface area contributed by atoms with Gasteiger partial charge in [0.05, 0.1) is 12.2 Å². The van der Waals surface area contributed by atoms with Gasteiger partial charge in [0.25, 0.3) is 5.91 Å². The van der Waals surface area contributed by atoms with E-state index in [4.69, 9.17) is 11.6 Å². The Labute approximate surface area is 187 Å². The van der Waals surface area contributed by atoms with Crippen molar-refractivity contribution in [1.29, 1.82) is 0 Å². The van der Waals surface area contributed by atoms with E-state index < -0.39 is 0 Å². The minimum atomic E-state index is -0.0964. The van der Waals surface area contributed by atoms with Crippen molar-refractivity contribution in [3.8, 4) is 11.1 Å². The zero-order valence-corrected chi connectivity index (χ0v) is 18.2. The Balaban J connectivity index is 1.82. The predicted molar refractivity (Wildman–Crippen MR) is 127 cm³/mol. The molecule has 0 unspecified atom stereocenters. The van der Waals surface area contributed by atoms with Crippen LogP contribution in [0.1, 0.15) is 40.9 Å². The Morgan fingerprint density at radius 1 is 1.00 bits per heavy atom. The monoisotopic (exact) mass is 430 g/mol. The van der Waals surface area contributed by atoms with Gasteiger partial charge in [0.15, 0.2) is 0 Å². The van der Waals surface area contributed by atoms with E-state index in [0.717, 1.165) is 33.5 Å². The molecule has 0 fully saturated rings. The number of benzene rings is 3. The van der Waals surface area contributed by atoms with E-state index in [1.807, 2.05) is 67.6 Å². The van der Waals surface area contributed by atoms with Gasteiger partial charge in [-0.15, -0.1) is 0 Å². The largest absolute Gasteiger partial charge is 0.352 e. The molecule has 0 saturated carbocycles. The number of carbonyl (C=O) groups is 2. The highest BCUT2D eigenvalue weighted by molar-refractivity contribution is 6.30. The lowest BCUT2D eigenvalue weighted by molar-refractivity contribution is -0.116. The van der Waals surface area contributed by atoms with Gasteiger partial charge in [-0.1, -0.05) is 54.1 Å². The summed E-state index contributed by atoms with van der Waals surface area (Å²) in [5.41, 5.74) is 6.20. The number of nitrogens with one attached hydrogen (secondary N) is 1. The maximum absolute atomic E-state index is 12.5. The van der Waals surface area contributed by atoms with E-state index in [-0.39, 0.29) is 11.8 Å². The Hall–Kier alpha value is -3.37. The summed E-state index contributed by atoms with van der Waals surface area (Å²) < 4.78 is 0. The number of hydrogen-bond donors (Lipinski definition) is 1. The zero-order valence-electron chi connectivity index (χ0n) is 17.5. The lowest BCUT2D eigenvalue weighted by Crippen LogP contribution is -2.29. The van der Waals surface area contributed by atoms with Gasteiger partial charge in [0.1, 0.15) is 0 Å². The smallest absolute Gasteiger partial charge is 0.251 e. The normalized spacial score (nSPS) is 12.4. The van der Waals surface area contributed by atoms with Gasteiger partial charge in [-0.05, 0) is 65.1 Å². The number of halogens is 1. The van der Waals surface area contributed by atoms with Crippen molar-refractivity contribution in [2.75, 3.05) is 11.4 Å². The van der Waals surface area contributed by atoms with Crippen LogP contribution >= 0.6 is 11.6 Å². The molecule has 0 saturated heterocycles. The number of rotatable bonds is 3. The van der Waals surface area contributed by atoms with Crippen LogP contribution in [0.5, 0.6) is 0 Å². The molecule has 1 aliphatic rings. The first-order valence-corrected chi connectivity index (χ1v) is 10.6. The molecule has 1 heterocycles. The van der Waals surface area contributed by atoms with E-state index in [1.165, 1.54) is 0 Å².